The van der Waals surface area contributed by atoms with Gasteiger partial charge in [0.1, 0.15) is 5.52 Å². The van der Waals surface area contributed by atoms with Gasteiger partial charge in [0.25, 0.3) is 0 Å². The standard InChI is InChI=1S/C12H10F3N5/c13-12(14,15)8-2-1-3-9-11(8)20-10(6-18-9)7(4-16)5-19-17/h1-6H,16-17H2. The molecule has 1 aromatic carbocycles. The number of rotatable bonds is 2. The van der Waals surface area contributed by atoms with Crippen molar-refractivity contribution in [1.29, 1.82) is 0 Å². The van der Waals surface area contributed by atoms with E-state index < -0.39 is 11.7 Å². The lowest BCUT2D eigenvalue weighted by Gasteiger charge is -2.10. The van der Waals surface area contributed by atoms with Gasteiger partial charge >= 0.3 is 6.18 Å². The smallest absolute Gasteiger partial charge is 0.404 e. The van der Waals surface area contributed by atoms with Crippen LogP contribution in [0.15, 0.2) is 35.7 Å². The van der Waals surface area contributed by atoms with Crippen LogP contribution in [0.4, 0.5) is 13.2 Å². The van der Waals surface area contributed by atoms with Crippen molar-refractivity contribution in [1.82, 2.24) is 9.97 Å². The maximum Gasteiger partial charge on any atom is 0.418 e. The molecule has 0 saturated carbocycles. The van der Waals surface area contributed by atoms with Gasteiger partial charge in [-0.25, -0.2) is 4.98 Å². The lowest BCUT2D eigenvalue weighted by Crippen LogP contribution is -2.08. The van der Waals surface area contributed by atoms with E-state index in [0.717, 1.165) is 12.3 Å². The first kappa shape index (κ1) is 13.8. The highest BCUT2D eigenvalue weighted by atomic mass is 19.4. The molecule has 0 radical (unpaired) electrons. The molecule has 2 rings (SSSR count). The minimum absolute atomic E-state index is 0.143. The molecule has 4 N–H and O–H groups in total. The second-order valence-electron chi connectivity index (χ2n) is 3.83. The average molecular weight is 281 g/mol. The molecule has 1 aromatic heterocycles. The molecule has 0 bridgehead atoms. The number of para-hydroxylation sites is 1. The van der Waals surface area contributed by atoms with Gasteiger partial charge in [-0.1, -0.05) is 6.07 Å². The molecule has 20 heavy (non-hydrogen) atoms. The second-order valence-corrected chi connectivity index (χ2v) is 3.83. The molecule has 0 aliphatic rings. The van der Waals surface area contributed by atoms with Crippen LogP contribution in [0, 0.1) is 0 Å². The molecule has 0 atom stereocenters. The maximum absolute atomic E-state index is 12.9. The molecule has 0 aliphatic heterocycles. The van der Waals surface area contributed by atoms with Gasteiger partial charge in [0.2, 0.25) is 0 Å². The van der Waals surface area contributed by atoms with Gasteiger partial charge in [0.15, 0.2) is 0 Å². The molecule has 5 nitrogen and oxygen atoms in total. The number of hydrogen-bond donors (Lipinski definition) is 2. The van der Waals surface area contributed by atoms with Crippen molar-refractivity contribution in [2.75, 3.05) is 0 Å². The molecular formula is C12H10F3N5. The molecular weight excluding hydrogens is 271 g/mol. The largest absolute Gasteiger partial charge is 0.418 e. The maximum atomic E-state index is 12.9. The third kappa shape index (κ3) is 2.53. The Morgan fingerprint density at radius 3 is 2.65 bits per heavy atom. The number of hydrogen-bond acceptors (Lipinski definition) is 5. The van der Waals surface area contributed by atoms with Gasteiger partial charge < -0.3 is 11.6 Å². The molecule has 0 fully saturated rings. The van der Waals surface area contributed by atoms with Gasteiger partial charge in [0, 0.05) is 11.8 Å². The molecule has 1 heterocycles. The normalized spacial score (nSPS) is 13.2. The quantitative estimate of drug-likeness (QED) is 0.499. The Labute approximate surface area is 111 Å². The van der Waals surface area contributed by atoms with Gasteiger partial charge in [-0.15, -0.1) is 0 Å². The van der Waals surface area contributed by atoms with Crippen LogP contribution in [0.3, 0.4) is 0 Å². The van der Waals surface area contributed by atoms with Crippen LogP contribution < -0.4 is 11.6 Å². The summed E-state index contributed by atoms with van der Waals surface area (Å²) < 4.78 is 38.8. The zero-order valence-corrected chi connectivity index (χ0v) is 10.1. The van der Waals surface area contributed by atoms with Gasteiger partial charge in [-0.05, 0) is 12.1 Å². The van der Waals surface area contributed by atoms with Crippen molar-refractivity contribution in [3.05, 3.63) is 41.9 Å². The molecule has 0 saturated heterocycles. The average Bonchev–Trinajstić information content (AvgIpc) is 2.42. The van der Waals surface area contributed by atoms with E-state index in [1.807, 2.05) is 0 Å². The number of benzene rings is 1. The first-order valence-electron chi connectivity index (χ1n) is 5.46. The zero-order valence-electron chi connectivity index (χ0n) is 10.1. The third-order valence-electron chi connectivity index (χ3n) is 2.57. The summed E-state index contributed by atoms with van der Waals surface area (Å²) in [5, 5.41) is 3.27. The number of nitrogens with zero attached hydrogens (tertiary/aromatic N) is 3. The first-order chi connectivity index (χ1) is 9.47. The van der Waals surface area contributed by atoms with Crippen LogP contribution in [-0.2, 0) is 6.18 Å². The highest BCUT2D eigenvalue weighted by Gasteiger charge is 2.33. The Hall–Kier alpha value is -2.64. The number of hydrazone groups is 1. The predicted octanol–water partition coefficient (Wildman–Crippen LogP) is 1.89. The van der Waals surface area contributed by atoms with Crippen LogP contribution in [0.2, 0.25) is 0 Å². The van der Waals surface area contributed by atoms with E-state index in [2.05, 4.69) is 15.1 Å². The van der Waals surface area contributed by atoms with Crippen LogP contribution in [0.1, 0.15) is 11.3 Å². The second kappa shape index (κ2) is 5.16. The Balaban J connectivity index is 2.69. The lowest BCUT2D eigenvalue weighted by atomic mass is 10.1. The molecule has 0 amide bonds. The highest BCUT2D eigenvalue weighted by molar-refractivity contribution is 6.09. The SMILES string of the molecule is NC=C(C=NN)c1cnc2cccc(C(F)(F)F)c2n1. The summed E-state index contributed by atoms with van der Waals surface area (Å²) in [5.74, 6) is 5.00. The monoisotopic (exact) mass is 281 g/mol. The Bertz CT molecular complexity index is 691. The summed E-state index contributed by atoms with van der Waals surface area (Å²) in [7, 11) is 0. The predicted molar refractivity (Wildman–Crippen MR) is 69.4 cm³/mol. The van der Waals surface area contributed by atoms with Crippen LogP contribution in [0.25, 0.3) is 16.6 Å². The fraction of sp³-hybridized carbons (Fsp3) is 0.0833. The van der Waals surface area contributed by atoms with Crippen LogP contribution >= 0.6 is 0 Å². The number of nitrogens with two attached hydrogens (primary N) is 2. The number of aromatic nitrogens is 2. The minimum atomic E-state index is -4.51. The summed E-state index contributed by atoms with van der Waals surface area (Å²) in [5.41, 5.74) is 4.83. The van der Waals surface area contributed by atoms with Crippen molar-refractivity contribution in [2.45, 2.75) is 6.18 Å². The van der Waals surface area contributed by atoms with E-state index in [1.165, 1.54) is 24.5 Å². The lowest BCUT2D eigenvalue weighted by molar-refractivity contribution is -0.136. The van der Waals surface area contributed by atoms with Crippen molar-refractivity contribution in [2.24, 2.45) is 16.7 Å². The van der Waals surface area contributed by atoms with Gasteiger partial charge in [-0.3, -0.25) is 4.98 Å². The van der Waals surface area contributed by atoms with Crippen LogP contribution in [0.5, 0.6) is 0 Å². The van der Waals surface area contributed by atoms with E-state index >= 15 is 0 Å². The van der Waals surface area contributed by atoms with Crippen molar-refractivity contribution in [3.8, 4) is 0 Å². The molecule has 0 spiro atoms. The number of fused-ring (bicyclic) bond motifs is 1. The summed E-state index contributed by atoms with van der Waals surface area (Å²) >= 11 is 0. The number of allylic oxidation sites excluding steroid dienone is 1. The van der Waals surface area contributed by atoms with Crippen LogP contribution in [-0.4, -0.2) is 16.2 Å². The Morgan fingerprint density at radius 2 is 2.05 bits per heavy atom. The first-order valence-corrected chi connectivity index (χ1v) is 5.46. The molecule has 0 unspecified atom stereocenters. The van der Waals surface area contributed by atoms with Crippen molar-refractivity contribution < 1.29 is 13.2 Å². The number of halogens is 3. The van der Waals surface area contributed by atoms with Crippen molar-refractivity contribution in [3.63, 3.8) is 0 Å². The highest BCUT2D eigenvalue weighted by Crippen LogP contribution is 2.33. The van der Waals surface area contributed by atoms with E-state index in [0.29, 0.717) is 0 Å². The summed E-state index contributed by atoms with van der Waals surface area (Å²) in [6, 6.07) is 3.67. The molecule has 104 valence electrons. The minimum Gasteiger partial charge on any atom is -0.404 e. The third-order valence-corrected chi connectivity index (χ3v) is 2.57. The molecule has 2 aromatic rings. The molecule has 0 aliphatic carbocycles. The van der Waals surface area contributed by atoms with E-state index in [-0.39, 0.29) is 22.3 Å². The van der Waals surface area contributed by atoms with Gasteiger partial charge in [0.05, 0.1) is 29.2 Å². The van der Waals surface area contributed by atoms with E-state index in [4.69, 9.17) is 11.6 Å². The fourth-order valence-corrected chi connectivity index (χ4v) is 1.68. The summed E-state index contributed by atoms with van der Waals surface area (Å²) in [6.45, 7) is 0. The topological polar surface area (TPSA) is 90.2 Å². The van der Waals surface area contributed by atoms with Crippen molar-refractivity contribution >= 4 is 22.8 Å². The van der Waals surface area contributed by atoms with Gasteiger partial charge in [-0.2, -0.15) is 18.3 Å². The number of alkyl halides is 3. The summed E-state index contributed by atoms with van der Waals surface area (Å²) in [6.07, 6.45) is -0.876. The zero-order chi connectivity index (χ0) is 14.8. The Kier molecular flexibility index (Phi) is 3.55. The van der Waals surface area contributed by atoms with E-state index in [1.54, 1.807) is 0 Å². The Morgan fingerprint density at radius 1 is 1.30 bits per heavy atom. The fourth-order valence-electron chi connectivity index (χ4n) is 1.68. The molecule has 8 heteroatoms. The summed E-state index contributed by atoms with van der Waals surface area (Å²) in [4.78, 5) is 7.90. The van der Waals surface area contributed by atoms with E-state index in [9.17, 15) is 13.2 Å².